The number of sulfonamides is 1. The molecule has 0 aliphatic carbocycles. The number of rotatable bonds is 7. The van der Waals surface area contributed by atoms with E-state index in [1.165, 1.54) is 12.1 Å². The molecule has 3 rings (SSSR count). The second-order valence-electron chi connectivity index (χ2n) is 6.36. The number of carbonyl (C=O) groups excluding carboxylic acids is 1. The van der Waals surface area contributed by atoms with Gasteiger partial charge in [-0.25, -0.2) is 12.8 Å². The van der Waals surface area contributed by atoms with Gasteiger partial charge in [-0.2, -0.15) is 0 Å². The van der Waals surface area contributed by atoms with Gasteiger partial charge in [0.2, 0.25) is 5.91 Å². The van der Waals surface area contributed by atoms with Gasteiger partial charge in [0.25, 0.3) is 10.0 Å². The van der Waals surface area contributed by atoms with Crippen LogP contribution in [0.1, 0.15) is 6.92 Å². The van der Waals surface area contributed by atoms with E-state index in [2.05, 4.69) is 0 Å². The molecule has 29 heavy (non-hydrogen) atoms. The Morgan fingerprint density at radius 1 is 1.14 bits per heavy atom. The van der Waals surface area contributed by atoms with E-state index in [0.29, 0.717) is 38.7 Å². The molecule has 1 aliphatic rings. The molecule has 9 heteroatoms. The highest BCUT2D eigenvalue weighted by Crippen LogP contribution is 2.32. The number of anilines is 1. The second-order valence-corrected chi connectivity index (χ2v) is 8.22. The smallest absolute Gasteiger partial charge is 0.264 e. The summed E-state index contributed by atoms with van der Waals surface area (Å²) in [6.07, 6.45) is 0. The van der Waals surface area contributed by atoms with Crippen LogP contribution in [0.25, 0.3) is 0 Å². The summed E-state index contributed by atoms with van der Waals surface area (Å²) >= 11 is 0. The lowest BCUT2D eigenvalue weighted by Gasteiger charge is -2.31. The van der Waals surface area contributed by atoms with Gasteiger partial charge in [0.15, 0.2) is 0 Å². The van der Waals surface area contributed by atoms with Gasteiger partial charge in [0, 0.05) is 13.1 Å². The third-order valence-electron chi connectivity index (χ3n) is 4.48. The third-order valence-corrected chi connectivity index (χ3v) is 6.25. The van der Waals surface area contributed by atoms with Crippen LogP contribution in [0, 0.1) is 5.82 Å². The minimum Gasteiger partial charge on any atom is -0.492 e. The van der Waals surface area contributed by atoms with Crippen molar-refractivity contribution in [1.82, 2.24) is 4.90 Å². The molecular weight excluding hydrogens is 399 g/mol. The second kappa shape index (κ2) is 9.23. The molecular formula is C20H23FN2O5S. The molecule has 7 nitrogen and oxygen atoms in total. The Morgan fingerprint density at radius 3 is 2.45 bits per heavy atom. The van der Waals surface area contributed by atoms with Crippen molar-refractivity contribution in [2.24, 2.45) is 0 Å². The summed E-state index contributed by atoms with van der Waals surface area (Å²) in [4.78, 5) is 14.3. The van der Waals surface area contributed by atoms with Gasteiger partial charge < -0.3 is 14.4 Å². The topological polar surface area (TPSA) is 76.2 Å². The molecule has 2 aromatic carbocycles. The summed E-state index contributed by atoms with van der Waals surface area (Å²) in [7, 11) is -4.14. The summed E-state index contributed by atoms with van der Waals surface area (Å²) in [6.45, 7) is 3.34. The highest BCUT2D eigenvalue weighted by atomic mass is 32.2. The number of carbonyl (C=O) groups is 1. The molecule has 156 valence electrons. The number of amides is 1. The summed E-state index contributed by atoms with van der Waals surface area (Å²) in [5, 5.41) is 0. The van der Waals surface area contributed by atoms with Gasteiger partial charge in [-0.3, -0.25) is 9.10 Å². The first kappa shape index (κ1) is 21.1. The normalized spacial score (nSPS) is 14.5. The monoisotopic (exact) mass is 422 g/mol. The number of nitrogens with zero attached hydrogens (tertiary/aromatic N) is 2. The van der Waals surface area contributed by atoms with E-state index in [4.69, 9.17) is 9.47 Å². The highest BCUT2D eigenvalue weighted by Gasteiger charge is 2.31. The average molecular weight is 422 g/mol. The molecule has 1 amide bonds. The van der Waals surface area contributed by atoms with Gasteiger partial charge in [0.1, 0.15) is 18.1 Å². The Labute approximate surface area is 169 Å². The molecule has 1 aliphatic heterocycles. The SMILES string of the molecule is CCOc1ccccc1N(CC(=O)N1CCOCC1)S(=O)(=O)c1ccc(F)cc1. The molecule has 0 N–H and O–H groups in total. The minimum absolute atomic E-state index is 0.111. The zero-order valence-corrected chi connectivity index (χ0v) is 16.9. The van der Waals surface area contributed by atoms with Crippen LogP contribution >= 0.6 is 0 Å². The molecule has 0 radical (unpaired) electrons. The fourth-order valence-corrected chi connectivity index (χ4v) is 4.43. The third kappa shape index (κ3) is 4.86. The van der Waals surface area contributed by atoms with Gasteiger partial charge >= 0.3 is 0 Å². The van der Waals surface area contributed by atoms with Gasteiger partial charge in [-0.05, 0) is 43.3 Å². The summed E-state index contributed by atoms with van der Waals surface area (Å²) in [5.41, 5.74) is 0.250. The average Bonchev–Trinajstić information content (AvgIpc) is 2.73. The van der Waals surface area contributed by atoms with Gasteiger partial charge in [0.05, 0.1) is 30.4 Å². The molecule has 1 fully saturated rings. The van der Waals surface area contributed by atoms with E-state index in [1.807, 2.05) is 0 Å². The highest BCUT2D eigenvalue weighted by molar-refractivity contribution is 7.92. The van der Waals surface area contributed by atoms with Crippen LogP contribution in [0.4, 0.5) is 10.1 Å². The fourth-order valence-electron chi connectivity index (χ4n) is 3.01. The molecule has 0 spiro atoms. The summed E-state index contributed by atoms with van der Waals surface area (Å²) in [6, 6.07) is 11.1. The molecule has 2 aromatic rings. The summed E-state index contributed by atoms with van der Waals surface area (Å²) < 4.78 is 51.9. The predicted octanol–water partition coefficient (Wildman–Crippen LogP) is 2.28. The molecule has 0 atom stereocenters. The first-order valence-corrected chi connectivity index (χ1v) is 10.7. The number of hydrogen-bond donors (Lipinski definition) is 0. The lowest BCUT2D eigenvalue weighted by atomic mass is 10.3. The Bertz CT molecular complexity index is 944. The number of hydrogen-bond acceptors (Lipinski definition) is 5. The number of benzene rings is 2. The lowest BCUT2D eigenvalue weighted by Crippen LogP contribution is -2.47. The van der Waals surface area contributed by atoms with Crippen LogP contribution in [0.2, 0.25) is 0 Å². The van der Waals surface area contributed by atoms with Crippen LogP contribution in [-0.2, 0) is 19.6 Å². The molecule has 0 unspecified atom stereocenters. The quantitative estimate of drug-likeness (QED) is 0.684. The first-order valence-electron chi connectivity index (χ1n) is 9.29. The number of para-hydroxylation sites is 2. The Hall–Kier alpha value is -2.65. The predicted molar refractivity (Wildman–Crippen MR) is 106 cm³/mol. The van der Waals surface area contributed by atoms with Crippen LogP contribution in [0.15, 0.2) is 53.4 Å². The maximum absolute atomic E-state index is 13.4. The van der Waals surface area contributed by atoms with Crippen molar-refractivity contribution < 1.29 is 27.1 Å². The van der Waals surface area contributed by atoms with Crippen LogP contribution in [0.5, 0.6) is 5.75 Å². The Kier molecular flexibility index (Phi) is 6.71. The van der Waals surface area contributed by atoms with Crippen molar-refractivity contribution in [3.63, 3.8) is 0 Å². The molecule has 0 aromatic heterocycles. The van der Waals surface area contributed by atoms with E-state index in [9.17, 15) is 17.6 Å². The standard InChI is InChI=1S/C20H23FN2O5S/c1-2-28-19-6-4-3-5-18(19)23(15-20(24)22-11-13-27-14-12-22)29(25,26)17-9-7-16(21)8-10-17/h3-10H,2,11-15H2,1H3. The summed E-state index contributed by atoms with van der Waals surface area (Å²) in [5.74, 6) is -0.546. The van der Waals surface area contributed by atoms with Crippen LogP contribution in [-0.4, -0.2) is 58.7 Å². The first-order chi connectivity index (χ1) is 13.9. The van der Waals surface area contributed by atoms with Crippen LogP contribution < -0.4 is 9.04 Å². The van der Waals surface area contributed by atoms with E-state index in [1.54, 1.807) is 36.1 Å². The maximum Gasteiger partial charge on any atom is 0.264 e. The Balaban J connectivity index is 2.01. The number of ether oxygens (including phenoxy) is 2. The lowest BCUT2D eigenvalue weighted by molar-refractivity contribution is -0.133. The molecule has 0 bridgehead atoms. The number of halogens is 1. The molecule has 0 saturated carbocycles. The zero-order valence-electron chi connectivity index (χ0n) is 16.1. The van der Waals surface area contributed by atoms with Crippen LogP contribution in [0.3, 0.4) is 0 Å². The minimum atomic E-state index is -4.14. The van der Waals surface area contributed by atoms with Crippen molar-refractivity contribution in [3.8, 4) is 5.75 Å². The number of morpholine rings is 1. The molecule has 1 heterocycles. The van der Waals surface area contributed by atoms with E-state index in [-0.39, 0.29) is 16.5 Å². The largest absolute Gasteiger partial charge is 0.492 e. The van der Waals surface area contributed by atoms with E-state index in [0.717, 1.165) is 16.4 Å². The maximum atomic E-state index is 13.4. The van der Waals surface area contributed by atoms with Crippen molar-refractivity contribution >= 4 is 21.6 Å². The fraction of sp³-hybridized carbons (Fsp3) is 0.350. The van der Waals surface area contributed by atoms with Gasteiger partial charge in [-0.15, -0.1) is 0 Å². The van der Waals surface area contributed by atoms with Crippen molar-refractivity contribution in [2.75, 3.05) is 43.8 Å². The molecule has 1 saturated heterocycles. The van der Waals surface area contributed by atoms with Crippen molar-refractivity contribution in [1.29, 1.82) is 0 Å². The van der Waals surface area contributed by atoms with Crippen molar-refractivity contribution in [3.05, 3.63) is 54.3 Å². The van der Waals surface area contributed by atoms with Gasteiger partial charge in [-0.1, -0.05) is 12.1 Å². The van der Waals surface area contributed by atoms with E-state index >= 15 is 0 Å². The zero-order chi connectivity index (χ0) is 20.9. The Morgan fingerprint density at radius 2 is 1.79 bits per heavy atom. The van der Waals surface area contributed by atoms with Crippen molar-refractivity contribution in [2.45, 2.75) is 11.8 Å². The van der Waals surface area contributed by atoms with E-state index < -0.39 is 22.4 Å².